The summed E-state index contributed by atoms with van der Waals surface area (Å²) in [7, 11) is 1.60. The summed E-state index contributed by atoms with van der Waals surface area (Å²) in [5, 5.41) is 0.891. The van der Waals surface area contributed by atoms with Gasteiger partial charge >= 0.3 is 0 Å². The average Bonchev–Trinajstić information content (AvgIpc) is 2.89. The highest BCUT2D eigenvalue weighted by Gasteiger charge is 2.15. The molecule has 0 aliphatic heterocycles. The van der Waals surface area contributed by atoms with Crippen LogP contribution in [0.2, 0.25) is 0 Å². The Morgan fingerprint density at radius 1 is 1.10 bits per heavy atom. The molecule has 0 bridgehead atoms. The zero-order valence-corrected chi connectivity index (χ0v) is 11.3. The number of rotatable bonds is 3. The molecule has 3 nitrogen and oxygen atoms in total. The number of methoxy groups -OCH3 is 1. The van der Waals surface area contributed by atoms with Crippen molar-refractivity contribution in [2.75, 3.05) is 7.11 Å². The van der Waals surface area contributed by atoms with Gasteiger partial charge in [0.05, 0.1) is 7.11 Å². The van der Waals surface area contributed by atoms with Crippen molar-refractivity contribution in [1.29, 1.82) is 0 Å². The van der Waals surface area contributed by atoms with Gasteiger partial charge in [-0.25, -0.2) is 0 Å². The number of carbonyl (C=O) groups excluding carboxylic acids is 1. The Labute approximate surface area is 116 Å². The van der Waals surface area contributed by atoms with Gasteiger partial charge < -0.3 is 9.15 Å². The average molecular weight is 266 g/mol. The molecule has 0 spiro atoms. The van der Waals surface area contributed by atoms with Gasteiger partial charge in [0, 0.05) is 17.0 Å². The van der Waals surface area contributed by atoms with Gasteiger partial charge in [-0.15, -0.1) is 0 Å². The smallest absolute Gasteiger partial charge is 0.228 e. The molecule has 1 heterocycles. The SMILES string of the molecule is COc1ccc2cc(C(=O)c3cccc(C)c3)oc2c1. The molecule has 3 aromatic rings. The maximum absolute atomic E-state index is 12.4. The molecular formula is C17H14O3. The minimum atomic E-state index is -0.108. The highest BCUT2D eigenvalue weighted by Crippen LogP contribution is 2.25. The van der Waals surface area contributed by atoms with E-state index in [0.717, 1.165) is 10.9 Å². The predicted molar refractivity (Wildman–Crippen MR) is 77.4 cm³/mol. The molecule has 0 unspecified atom stereocenters. The van der Waals surface area contributed by atoms with Crippen LogP contribution in [0.3, 0.4) is 0 Å². The third-order valence-corrected chi connectivity index (χ3v) is 3.23. The minimum absolute atomic E-state index is 0.108. The van der Waals surface area contributed by atoms with Crippen LogP contribution in [0.1, 0.15) is 21.7 Å². The van der Waals surface area contributed by atoms with E-state index in [0.29, 0.717) is 22.7 Å². The normalized spacial score (nSPS) is 10.7. The number of ether oxygens (including phenoxy) is 1. The van der Waals surface area contributed by atoms with E-state index < -0.39 is 0 Å². The second kappa shape index (κ2) is 4.85. The van der Waals surface area contributed by atoms with Crippen LogP contribution in [0, 0.1) is 6.92 Å². The number of ketones is 1. The largest absolute Gasteiger partial charge is 0.497 e. The van der Waals surface area contributed by atoms with Crippen molar-refractivity contribution in [3.63, 3.8) is 0 Å². The molecule has 2 aromatic carbocycles. The molecule has 0 atom stereocenters. The van der Waals surface area contributed by atoms with Crippen molar-refractivity contribution >= 4 is 16.8 Å². The molecule has 0 aliphatic rings. The Morgan fingerprint density at radius 2 is 1.95 bits per heavy atom. The summed E-state index contributed by atoms with van der Waals surface area (Å²) in [5.41, 5.74) is 2.34. The van der Waals surface area contributed by atoms with Gasteiger partial charge in [0.2, 0.25) is 5.78 Å². The summed E-state index contributed by atoms with van der Waals surface area (Å²) in [5.74, 6) is 0.948. The molecule has 0 fully saturated rings. The van der Waals surface area contributed by atoms with E-state index in [1.54, 1.807) is 25.3 Å². The highest BCUT2D eigenvalue weighted by molar-refractivity contribution is 6.09. The van der Waals surface area contributed by atoms with Gasteiger partial charge in [-0.2, -0.15) is 0 Å². The fraction of sp³-hybridized carbons (Fsp3) is 0.118. The second-order valence-corrected chi connectivity index (χ2v) is 4.71. The van der Waals surface area contributed by atoms with Gasteiger partial charge in [-0.05, 0) is 31.2 Å². The Morgan fingerprint density at radius 3 is 2.70 bits per heavy atom. The van der Waals surface area contributed by atoms with E-state index in [1.807, 2.05) is 37.3 Å². The molecule has 100 valence electrons. The number of aryl methyl sites for hydroxylation is 1. The van der Waals surface area contributed by atoms with E-state index >= 15 is 0 Å². The Balaban J connectivity index is 2.03. The zero-order valence-electron chi connectivity index (χ0n) is 11.3. The lowest BCUT2D eigenvalue weighted by Crippen LogP contribution is -1.99. The molecule has 0 N–H and O–H groups in total. The van der Waals surface area contributed by atoms with Crippen molar-refractivity contribution < 1.29 is 13.9 Å². The molecule has 0 saturated heterocycles. The van der Waals surface area contributed by atoms with E-state index in [9.17, 15) is 4.79 Å². The first-order chi connectivity index (χ1) is 9.67. The molecule has 0 amide bonds. The summed E-state index contributed by atoms with van der Waals surface area (Å²) in [6, 6.07) is 14.7. The number of carbonyl (C=O) groups is 1. The summed E-state index contributed by atoms with van der Waals surface area (Å²) < 4.78 is 10.8. The van der Waals surface area contributed by atoms with Crippen molar-refractivity contribution in [2.24, 2.45) is 0 Å². The highest BCUT2D eigenvalue weighted by atomic mass is 16.5. The Kier molecular flexibility index (Phi) is 3.03. The Bertz CT molecular complexity index is 784. The van der Waals surface area contributed by atoms with E-state index in [-0.39, 0.29) is 5.78 Å². The van der Waals surface area contributed by atoms with Crippen LogP contribution in [0.25, 0.3) is 11.0 Å². The second-order valence-electron chi connectivity index (χ2n) is 4.71. The predicted octanol–water partition coefficient (Wildman–Crippen LogP) is 3.98. The van der Waals surface area contributed by atoms with Gasteiger partial charge in [-0.1, -0.05) is 23.8 Å². The monoisotopic (exact) mass is 266 g/mol. The maximum atomic E-state index is 12.4. The fourth-order valence-electron chi connectivity index (χ4n) is 2.18. The standard InChI is InChI=1S/C17H14O3/c1-11-4-3-5-13(8-11)17(18)16-9-12-6-7-14(19-2)10-15(12)20-16/h3-10H,1-2H3. The van der Waals surface area contributed by atoms with Gasteiger partial charge in [-0.3, -0.25) is 4.79 Å². The van der Waals surface area contributed by atoms with Crippen LogP contribution in [0.5, 0.6) is 5.75 Å². The van der Waals surface area contributed by atoms with Gasteiger partial charge in [0.15, 0.2) is 5.76 Å². The molecule has 3 rings (SSSR count). The van der Waals surface area contributed by atoms with Crippen LogP contribution in [0.4, 0.5) is 0 Å². The minimum Gasteiger partial charge on any atom is -0.497 e. The van der Waals surface area contributed by atoms with Crippen LogP contribution < -0.4 is 4.74 Å². The lowest BCUT2D eigenvalue weighted by atomic mass is 10.1. The number of hydrogen-bond acceptors (Lipinski definition) is 3. The van der Waals surface area contributed by atoms with E-state index in [1.165, 1.54) is 0 Å². The first-order valence-electron chi connectivity index (χ1n) is 6.36. The number of benzene rings is 2. The van der Waals surface area contributed by atoms with E-state index in [2.05, 4.69) is 0 Å². The number of hydrogen-bond donors (Lipinski definition) is 0. The fourth-order valence-corrected chi connectivity index (χ4v) is 2.18. The first-order valence-corrected chi connectivity index (χ1v) is 6.36. The molecular weight excluding hydrogens is 252 g/mol. The topological polar surface area (TPSA) is 39.4 Å². The van der Waals surface area contributed by atoms with Crippen molar-refractivity contribution in [2.45, 2.75) is 6.92 Å². The number of fused-ring (bicyclic) bond motifs is 1. The van der Waals surface area contributed by atoms with Crippen molar-refractivity contribution in [1.82, 2.24) is 0 Å². The molecule has 0 saturated carbocycles. The van der Waals surface area contributed by atoms with Crippen LogP contribution in [-0.2, 0) is 0 Å². The van der Waals surface area contributed by atoms with Crippen molar-refractivity contribution in [3.05, 3.63) is 65.4 Å². The molecule has 0 radical (unpaired) electrons. The summed E-state index contributed by atoms with van der Waals surface area (Å²) in [6.45, 7) is 1.96. The van der Waals surface area contributed by atoms with Gasteiger partial charge in [0.25, 0.3) is 0 Å². The van der Waals surface area contributed by atoms with Crippen LogP contribution in [0.15, 0.2) is 52.9 Å². The molecule has 20 heavy (non-hydrogen) atoms. The summed E-state index contributed by atoms with van der Waals surface area (Å²) in [6.07, 6.45) is 0. The van der Waals surface area contributed by atoms with Crippen LogP contribution in [-0.4, -0.2) is 12.9 Å². The van der Waals surface area contributed by atoms with Crippen LogP contribution >= 0.6 is 0 Å². The zero-order chi connectivity index (χ0) is 14.1. The quantitative estimate of drug-likeness (QED) is 0.673. The lowest BCUT2D eigenvalue weighted by Gasteiger charge is -1.98. The summed E-state index contributed by atoms with van der Waals surface area (Å²) >= 11 is 0. The van der Waals surface area contributed by atoms with Crippen molar-refractivity contribution in [3.8, 4) is 5.75 Å². The molecule has 1 aromatic heterocycles. The maximum Gasteiger partial charge on any atom is 0.228 e. The molecule has 3 heteroatoms. The molecule has 0 aliphatic carbocycles. The number of furan rings is 1. The first kappa shape index (κ1) is 12.5. The summed E-state index contributed by atoms with van der Waals surface area (Å²) in [4.78, 5) is 12.4. The third-order valence-electron chi connectivity index (χ3n) is 3.23. The van der Waals surface area contributed by atoms with Gasteiger partial charge in [0.1, 0.15) is 11.3 Å². The third kappa shape index (κ3) is 2.18. The van der Waals surface area contributed by atoms with E-state index in [4.69, 9.17) is 9.15 Å². The Hall–Kier alpha value is -2.55. The lowest BCUT2D eigenvalue weighted by molar-refractivity contribution is 0.101.